The Morgan fingerprint density at radius 2 is 1.63 bits per heavy atom. The van der Waals surface area contributed by atoms with Crippen LogP contribution in [0.3, 0.4) is 0 Å². The topological polar surface area (TPSA) is 62.9 Å². The van der Waals surface area contributed by atoms with Gasteiger partial charge in [-0.05, 0) is 85.4 Å². The molecule has 1 saturated heterocycles. The van der Waals surface area contributed by atoms with Crippen molar-refractivity contribution in [3.8, 4) is 22.6 Å². The molecule has 1 N–H and O–H groups in total. The lowest BCUT2D eigenvalue weighted by Crippen LogP contribution is -2.33. The molecule has 0 spiro atoms. The van der Waals surface area contributed by atoms with Crippen LogP contribution in [0.1, 0.15) is 36.0 Å². The van der Waals surface area contributed by atoms with Crippen LogP contribution >= 0.6 is 0 Å². The van der Waals surface area contributed by atoms with Gasteiger partial charge in [0.25, 0.3) is 0 Å². The van der Waals surface area contributed by atoms with Crippen LogP contribution < -0.4 is 10.4 Å². The first-order chi connectivity index (χ1) is 18.3. The summed E-state index contributed by atoms with van der Waals surface area (Å²) in [5.74, 6) is 0.691. The number of benzene rings is 3. The molecule has 1 aliphatic heterocycles. The van der Waals surface area contributed by atoms with Gasteiger partial charge in [0.1, 0.15) is 23.7 Å². The summed E-state index contributed by atoms with van der Waals surface area (Å²) >= 11 is 0. The number of rotatable bonds is 7. The number of halogens is 3. The van der Waals surface area contributed by atoms with Crippen LogP contribution in [0.25, 0.3) is 22.1 Å². The lowest BCUT2D eigenvalue weighted by atomic mass is 9.93. The third-order valence-corrected chi connectivity index (χ3v) is 6.93. The van der Waals surface area contributed by atoms with Gasteiger partial charge in [0.05, 0.1) is 11.1 Å². The standard InChI is InChI=1S/C30H28F3NO4/c31-30(32,33)22-8-6-21(7-9-22)28-26(25-13-10-23(35)19-27(25)38-29(28)36)18-20-4-11-24(12-5-20)37-17-16-34-14-2-1-3-15-34/h4-13,19,35H,1-3,14-18H2. The first kappa shape index (κ1) is 25.9. The van der Waals surface area contributed by atoms with E-state index in [0.717, 1.165) is 43.1 Å². The molecule has 0 saturated carbocycles. The molecule has 0 amide bonds. The zero-order valence-electron chi connectivity index (χ0n) is 20.8. The first-order valence-corrected chi connectivity index (χ1v) is 12.7. The summed E-state index contributed by atoms with van der Waals surface area (Å²) in [7, 11) is 0. The third-order valence-electron chi connectivity index (χ3n) is 6.93. The molecule has 0 bridgehead atoms. The van der Waals surface area contributed by atoms with Gasteiger partial charge in [-0.3, -0.25) is 4.90 Å². The highest BCUT2D eigenvalue weighted by Gasteiger charge is 2.30. The average molecular weight is 524 g/mol. The van der Waals surface area contributed by atoms with E-state index in [2.05, 4.69) is 4.90 Å². The molecule has 4 aromatic rings. The van der Waals surface area contributed by atoms with Gasteiger partial charge < -0.3 is 14.3 Å². The minimum absolute atomic E-state index is 0.0556. The molecule has 0 atom stereocenters. The van der Waals surface area contributed by atoms with Crippen LogP contribution in [0.5, 0.6) is 11.5 Å². The number of ether oxygens (including phenoxy) is 1. The van der Waals surface area contributed by atoms with E-state index < -0.39 is 17.4 Å². The predicted molar refractivity (Wildman–Crippen MR) is 140 cm³/mol. The maximum atomic E-state index is 13.1. The Morgan fingerprint density at radius 1 is 0.921 bits per heavy atom. The Bertz CT molecular complexity index is 1450. The molecule has 5 nitrogen and oxygen atoms in total. The lowest BCUT2D eigenvalue weighted by Gasteiger charge is -2.26. The van der Waals surface area contributed by atoms with E-state index in [9.17, 15) is 23.1 Å². The van der Waals surface area contributed by atoms with E-state index in [-0.39, 0.29) is 16.9 Å². The second-order valence-corrected chi connectivity index (χ2v) is 9.57. The van der Waals surface area contributed by atoms with Crippen molar-refractivity contribution in [2.45, 2.75) is 31.9 Å². The van der Waals surface area contributed by atoms with Crippen molar-refractivity contribution in [1.82, 2.24) is 4.90 Å². The van der Waals surface area contributed by atoms with Gasteiger partial charge in [0.15, 0.2) is 0 Å². The molecule has 8 heteroatoms. The van der Waals surface area contributed by atoms with Gasteiger partial charge in [-0.1, -0.05) is 30.7 Å². The Kier molecular flexibility index (Phi) is 7.42. The van der Waals surface area contributed by atoms with Gasteiger partial charge in [0, 0.05) is 18.0 Å². The fourth-order valence-electron chi connectivity index (χ4n) is 4.94. The summed E-state index contributed by atoms with van der Waals surface area (Å²) in [6.07, 6.45) is -0.397. The van der Waals surface area contributed by atoms with Crippen LogP contribution in [-0.2, 0) is 12.6 Å². The number of aromatic hydroxyl groups is 1. The van der Waals surface area contributed by atoms with E-state index in [1.807, 2.05) is 24.3 Å². The molecule has 198 valence electrons. The molecular formula is C30H28F3NO4. The van der Waals surface area contributed by atoms with Crippen molar-refractivity contribution < 1.29 is 27.4 Å². The van der Waals surface area contributed by atoms with Crippen molar-refractivity contribution >= 4 is 11.0 Å². The Labute approximate surface area is 218 Å². The minimum Gasteiger partial charge on any atom is -0.508 e. The SMILES string of the molecule is O=c1oc2cc(O)ccc2c(Cc2ccc(OCCN3CCCCC3)cc2)c1-c1ccc(C(F)(F)F)cc1. The van der Waals surface area contributed by atoms with Crippen LogP contribution in [0.15, 0.2) is 75.9 Å². The van der Waals surface area contributed by atoms with E-state index >= 15 is 0 Å². The van der Waals surface area contributed by atoms with E-state index in [0.29, 0.717) is 29.5 Å². The van der Waals surface area contributed by atoms with Crippen molar-refractivity contribution in [1.29, 1.82) is 0 Å². The molecule has 1 aromatic heterocycles. The Morgan fingerprint density at radius 3 is 2.32 bits per heavy atom. The van der Waals surface area contributed by atoms with Crippen LogP contribution in [0, 0.1) is 0 Å². The highest BCUT2D eigenvalue weighted by molar-refractivity contribution is 5.88. The molecular weight excluding hydrogens is 495 g/mol. The normalized spacial score (nSPS) is 14.6. The third kappa shape index (κ3) is 5.86. The summed E-state index contributed by atoms with van der Waals surface area (Å²) < 4.78 is 50.7. The molecule has 1 aliphatic rings. The van der Waals surface area contributed by atoms with Crippen LogP contribution in [-0.4, -0.2) is 36.2 Å². The molecule has 0 aliphatic carbocycles. The summed E-state index contributed by atoms with van der Waals surface area (Å²) in [6, 6.07) is 16.5. The van der Waals surface area contributed by atoms with Gasteiger partial charge in [-0.25, -0.2) is 4.79 Å². The van der Waals surface area contributed by atoms with Crippen molar-refractivity contribution in [3.05, 3.63) is 93.8 Å². The average Bonchev–Trinajstić information content (AvgIpc) is 2.90. The monoisotopic (exact) mass is 523 g/mol. The fraction of sp³-hybridized carbons (Fsp3) is 0.300. The first-order valence-electron chi connectivity index (χ1n) is 12.7. The second kappa shape index (κ2) is 10.9. The summed E-state index contributed by atoms with van der Waals surface area (Å²) in [6.45, 7) is 3.71. The van der Waals surface area contributed by atoms with Gasteiger partial charge >= 0.3 is 11.8 Å². The highest BCUT2D eigenvalue weighted by Crippen LogP contribution is 2.34. The highest BCUT2D eigenvalue weighted by atomic mass is 19.4. The van der Waals surface area contributed by atoms with Crippen molar-refractivity contribution in [3.63, 3.8) is 0 Å². The number of nitrogens with zero attached hydrogens (tertiary/aromatic N) is 1. The number of hydrogen-bond acceptors (Lipinski definition) is 5. The smallest absolute Gasteiger partial charge is 0.416 e. The number of alkyl halides is 3. The van der Waals surface area contributed by atoms with Crippen LogP contribution in [0.2, 0.25) is 0 Å². The van der Waals surface area contributed by atoms with E-state index in [1.54, 1.807) is 6.07 Å². The van der Waals surface area contributed by atoms with Crippen molar-refractivity contribution in [2.75, 3.05) is 26.2 Å². The molecule has 1 fully saturated rings. The van der Waals surface area contributed by atoms with Crippen molar-refractivity contribution in [2.24, 2.45) is 0 Å². The Hall–Kier alpha value is -3.78. The minimum atomic E-state index is -4.48. The maximum Gasteiger partial charge on any atom is 0.416 e. The van der Waals surface area contributed by atoms with Crippen LogP contribution in [0.4, 0.5) is 13.2 Å². The molecule has 0 unspecified atom stereocenters. The Balaban J connectivity index is 1.42. The largest absolute Gasteiger partial charge is 0.508 e. The maximum absolute atomic E-state index is 13.1. The molecule has 0 radical (unpaired) electrons. The number of phenolic OH excluding ortho intramolecular Hbond substituents is 1. The molecule has 5 rings (SSSR count). The molecule has 3 aromatic carbocycles. The fourth-order valence-corrected chi connectivity index (χ4v) is 4.94. The van der Waals surface area contributed by atoms with E-state index in [1.165, 1.54) is 43.5 Å². The van der Waals surface area contributed by atoms with Gasteiger partial charge in [-0.2, -0.15) is 13.2 Å². The summed E-state index contributed by atoms with van der Waals surface area (Å²) in [4.78, 5) is 15.5. The number of fused-ring (bicyclic) bond motifs is 1. The summed E-state index contributed by atoms with van der Waals surface area (Å²) in [5.41, 5.74) is 0.743. The quantitative estimate of drug-likeness (QED) is 0.275. The zero-order valence-corrected chi connectivity index (χ0v) is 20.8. The van der Waals surface area contributed by atoms with Gasteiger partial charge in [-0.15, -0.1) is 0 Å². The number of likely N-dealkylation sites (tertiary alicyclic amines) is 1. The number of piperidine rings is 1. The molecule has 2 heterocycles. The predicted octanol–water partition coefficient (Wildman–Crippen LogP) is 6.64. The number of hydrogen-bond donors (Lipinski definition) is 1. The lowest BCUT2D eigenvalue weighted by molar-refractivity contribution is -0.137. The number of phenols is 1. The van der Waals surface area contributed by atoms with E-state index in [4.69, 9.17) is 9.15 Å². The molecule has 38 heavy (non-hydrogen) atoms. The summed E-state index contributed by atoms with van der Waals surface area (Å²) in [5, 5.41) is 10.5. The zero-order chi connectivity index (χ0) is 26.7. The van der Waals surface area contributed by atoms with Gasteiger partial charge in [0.2, 0.25) is 0 Å². The second-order valence-electron chi connectivity index (χ2n) is 9.57.